The molecule has 4 rings (SSSR count). The molecule has 8 heteroatoms. The highest BCUT2D eigenvalue weighted by atomic mass is 32.2. The van der Waals surface area contributed by atoms with E-state index in [1.54, 1.807) is 6.07 Å². The maximum Gasteiger partial charge on any atom is 0.239 e. The van der Waals surface area contributed by atoms with Gasteiger partial charge in [-0.05, 0) is 31.5 Å². The van der Waals surface area contributed by atoms with Crippen molar-refractivity contribution in [3.8, 4) is 0 Å². The third kappa shape index (κ3) is 3.61. The number of carbonyl (C=O) groups is 1. The number of pyridine rings is 1. The first-order valence-corrected chi connectivity index (χ1v) is 9.54. The number of hydrogen-bond donors (Lipinski definition) is 2. The maximum atomic E-state index is 12.6. The number of nitrogens with one attached hydrogen (secondary N) is 2. The van der Waals surface area contributed by atoms with Gasteiger partial charge in [0.25, 0.3) is 0 Å². The Labute approximate surface area is 160 Å². The third-order valence-electron chi connectivity index (χ3n) is 4.15. The Bertz CT molecular complexity index is 1130. The first-order valence-electron chi connectivity index (χ1n) is 8.66. The summed E-state index contributed by atoms with van der Waals surface area (Å²) in [7, 11) is 0. The molecule has 0 fully saturated rings. The molecular weight excluding hydrogens is 360 g/mol. The molecule has 136 valence electrons. The summed E-state index contributed by atoms with van der Waals surface area (Å²) in [6.07, 6.45) is 0.635. The van der Waals surface area contributed by atoms with Crippen molar-refractivity contribution in [1.29, 1.82) is 0 Å². The van der Waals surface area contributed by atoms with Crippen LogP contribution in [-0.4, -0.2) is 36.3 Å². The van der Waals surface area contributed by atoms with Crippen LogP contribution in [0.2, 0.25) is 0 Å². The molecule has 0 aliphatic carbocycles. The third-order valence-corrected chi connectivity index (χ3v) is 5.37. The quantitative estimate of drug-likeness (QED) is 0.514. The van der Waals surface area contributed by atoms with Crippen molar-refractivity contribution in [1.82, 2.24) is 25.1 Å². The highest BCUT2D eigenvalue weighted by molar-refractivity contribution is 8.00. The van der Waals surface area contributed by atoms with E-state index in [2.05, 4.69) is 30.5 Å². The molecule has 2 N–H and O–H groups in total. The van der Waals surface area contributed by atoms with E-state index < -0.39 is 0 Å². The summed E-state index contributed by atoms with van der Waals surface area (Å²) in [6.45, 7) is 3.84. The second-order valence-electron chi connectivity index (χ2n) is 6.13. The van der Waals surface area contributed by atoms with Crippen molar-refractivity contribution in [2.24, 2.45) is 0 Å². The summed E-state index contributed by atoms with van der Waals surface area (Å²) in [4.78, 5) is 24.7. The van der Waals surface area contributed by atoms with E-state index in [0.717, 1.165) is 22.1 Å². The zero-order valence-electron chi connectivity index (χ0n) is 14.9. The fourth-order valence-corrected chi connectivity index (χ4v) is 3.64. The van der Waals surface area contributed by atoms with Gasteiger partial charge in [-0.2, -0.15) is 0 Å². The Kier molecular flexibility index (Phi) is 4.72. The van der Waals surface area contributed by atoms with Crippen LogP contribution in [0.15, 0.2) is 47.6 Å². The predicted molar refractivity (Wildman–Crippen MR) is 107 cm³/mol. The van der Waals surface area contributed by atoms with Gasteiger partial charge in [-0.25, -0.2) is 9.97 Å². The van der Waals surface area contributed by atoms with Gasteiger partial charge >= 0.3 is 0 Å². The number of benzene rings is 1. The number of hydrogen-bond acceptors (Lipinski definition) is 6. The number of anilines is 1. The lowest BCUT2D eigenvalue weighted by Gasteiger charge is -2.13. The minimum Gasteiger partial charge on any atom is -0.338 e. The second kappa shape index (κ2) is 7.32. The summed E-state index contributed by atoms with van der Waals surface area (Å²) in [6, 6.07) is 13.4. The minimum atomic E-state index is -0.337. The van der Waals surface area contributed by atoms with Crippen LogP contribution in [0.25, 0.3) is 22.1 Å². The van der Waals surface area contributed by atoms with Crippen molar-refractivity contribution in [3.05, 3.63) is 48.2 Å². The Morgan fingerprint density at radius 2 is 2.00 bits per heavy atom. The maximum absolute atomic E-state index is 12.6. The smallest absolute Gasteiger partial charge is 0.239 e. The van der Waals surface area contributed by atoms with Gasteiger partial charge in [0.1, 0.15) is 11.3 Å². The number of amides is 1. The van der Waals surface area contributed by atoms with Crippen molar-refractivity contribution in [2.75, 3.05) is 5.32 Å². The average Bonchev–Trinajstić information content (AvgIpc) is 3.03. The number of aryl methyl sites for hydroxylation is 1. The Morgan fingerprint density at radius 1 is 1.15 bits per heavy atom. The van der Waals surface area contributed by atoms with Crippen LogP contribution in [0.1, 0.15) is 19.0 Å². The number of aromatic nitrogens is 5. The molecule has 0 spiro atoms. The Hall–Kier alpha value is -3.00. The van der Waals surface area contributed by atoms with E-state index in [-0.39, 0.29) is 11.2 Å². The molecule has 0 aliphatic rings. The molecule has 1 unspecified atom stereocenters. The number of thioether (sulfide) groups is 1. The van der Waals surface area contributed by atoms with Crippen molar-refractivity contribution < 1.29 is 4.79 Å². The van der Waals surface area contributed by atoms with Crippen LogP contribution in [-0.2, 0) is 4.79 Å². The average molecular weight is 378 g/mol. The topological polar surface area (TPSA) is 96.5 Å². The molecule has 4 aromatic rings. The van der Waals surface area contributed by atoms with E-state index in [9.17, 15) is 4.79 Å². The van der Waals surface area contributed by atoms with Gasteiger partial charge in [-0.1, -0.05) is 43.0 Å². The molecule has 3 heterocycles. The largest absolute Gasteiger partial charge is 0.338 e. The number of H-pyrrole nitrogens is 1. The lowest BCUT2D eigenvalue weighted by Crippen LogP contribution is -2.25. The van der Waals surface area contributed by atoms with Gasteiger partial charge in [-0.15, -0.1) is 10.2 Å². The fraction of sp³-hybridized carbons (Fsp3) is 0.211. The molecule has 0 aliphatic heterocycles. The van der Waals surface area contributed by atoms with Crippen LogP contribution in [0.3, 0.4) is 0 Å². The predicted octanol–water partition coefficient (Wildman–Crippen LogP) is 3.72. The molecule has 1 atom stereocenters. The summed E-state index contributed by atoms with van der Waals surface area (Å²) in [5.41, 5.74) is 3.22. The van der Waals surface area contributed by atoms with Gasteiger partial charge in [0.2, 0.25) is 11.1 Å². The molecule has 1 aromatic carbocycles. The molecule has 3 aromatic heterocycles. The first kappa shape index (κ1) is 17.4. The van der Waals surface area contributed by atoms with Gasteiger partial charge in [0, 0.05) is 16.6 Å². The van der Waals surface area contributed by atoms with Crippen LogP contribution >= 0.6 is 11.8 Å². The number of para-hydroxylation sites is 1. The second-order valence-corrected chi connectivity index (χ2v) is 7.30. The number of rotatable bonds is 5. The standard InChI is InChI=1S/C19H18N6OS/c1-3-14(18(26)22-15-10-6-7-11(2)20-15)27-19-23-17-16(24-25-19)12-8-4-5-9-13(12)21-17/h4-10,14H,3H2,1-2H3,(H,20,22,26)(H,21,23,25). The number of carbonyl (C=O) groups excluding carboxylic acids is 1. The lowest BCUT2D eigenvalue weighted by molar-refractivity contribution is -0.115. The summed E-state index contributed by atoms with van der Waals surface area (Å²) in [5, 5.41) is 12.5. The molecule has 0 saturated carbocycles. The normalized spacial score (nSPS) is 12.4. The molecular formula is C19H18N6OS. The van der Waals surface area contributed by atoms with Gasteiger partial charge < -0.3 is 10.3 Å². The summed E-state index contributed by atoms with van der Waals surface area (Å²) in [5.74, 6) is 0.421. The van der Waals surface area contributed by atoms with E-state index in [0.29, 0.717) is 23.0 Å². The molecule has 7 nitrogen and oxygen atoms in total. The van der Waals surface area contributed by atoms with Crippen molar-refractivity contribution >= 4 is 45.6 Å². The minimum absolute atomic E-state index is 0.124. The zero-order valence-corrected chi connectivity index (χ0v) is 15.7. The molecule has 0 saturated heterocycles. The molecule has 27 heavy (non-hydrogen) atoms. The summed E-state index contributed by atoms with van der Waals surface area (Å²) >= 11 is 1.30. The monoisotopic (exact) mass is 378 g/mol. The van der Waals surface area contributed by atoms with Gasteiger partial charge in [-0.3, -0.25) is 4.79 Å². The van der Waals surface area contributed by atoms with Crippen LogP contribution < -0.4 is 5.32 Å². The molecule has 0 bridgehead atoms. The fourth-order valence-electron chi connectivity index (χ4n) is 2.82. The van der Waals surface area contributed by atoms with E-state index >= 15 is 0 Å². The first-order chi connectivity index (χ1) is 13.1. The zero-order chi connectivity index (χ0) is 18.8. The van der Waals surface area contributed by atoms with Crippen molar-refractivity contribution in [3.63, 3.8) is 0 Å². The molecule has 0 radical (unpaired) electrons. The van der Waals surface area contributed by atoms with Crippen LogP contribution in [0, 0.1) is 6.92 Å². The van der Waals surface area contributed by atoms with E-state index in [1.807, 2.05) is 50.2 Å². The summed E-state index contributed by atoms with van der Waals surface area (Å²) < 4.78 is 0. The van der Waals surface area contributed by atoms with E-state index in [1.165, 1.54) is 11.8 Å². The lowest BCUT2D eigenvalue weighted by atomic mass is 10.2. The highest BCUT2D eigenvalue weighted by Gasteiger charge is 2.21. The Morgan fingerprint density at radius 3 is 2.81 bits per heavy atom. The van der Waals surface area contributed by atoms with Gasteiger partial charge in [0.15, 0.2) is 5.65 Å². The highest BCUT2D eigenvalue weighted by Crippen LogP contribution is 2.26. The van der Waals surface area contributed by atoms with Crippen LogP contribution in [0.4, 0.5) is 5.82 Å². The van der Waals surface area contributed by atoms with Gasteiger partial charge in [0.05, 0.1) is 5.25 Å². The van der Waals surface area contributed by atoms with Crippen molar-refractivity contribution in [2.45, 2.75) is 30.7 Å². The number of nitrogens with zero attached hydrogens (tertiary/aromatic N) is 4. The van der Waals surface area contributed by atoms with Crippen LogP contribution in [0.5, 0.6) is 0 Å². The number of aromatic amines is 1. The molecule has 1 amide bonds. The number of fused-ring (bicyclic) bond motifs is 3. The Balaban J connectivity index is 1.55. The SMILES string of the molecule is CCC(Sc1nnc2c(n1)[nH]c1ccccc12)C(=O)Nc1cccc(C)n1. The van der Waals surface area contributed by atoms with E-state index in [4.69, 9.17) is 0 Å².